The summed E-state index contributed by atoms with van der Waals surface area (Å²) in [5, 5.41) is 25.5. The number of aromatic nitrogens is 2. The minimum absolute atomic E-state index is 0.0155. The Labute approximate surface area is 321 Å². The first-order valence-corrected chi connectivity index (χ1v) is 20.0. The number of anilines is 2. The van der Waals surface area contributed by atoms with Crippen molar-refractivity contribution in [2.24, 2.45) is 5.92 Å². The number of halogens is 4. The molecular weight excluding hydrogens is 755 g/mol. The Hall–Kier alpha value is -4.60. The molecule has 2 fully saturated rings. The van der Waals surface area contributed by atoms with E-state index in [2.05, 4.69) is 20.4 Å². The molecule has 12 nitrogen and oxygen atoms in total. The van der Waals surface area contributed by atoms with Gasteiger partial charge in [0.05, 0.1) is 35.5 Å². The van der Waals surface area contributed by atoms with E-state index in [1.165, 1.54) is 53.3 Å². The lowest BCUT2D eigenvalue weighted by molar-refractivity contribution is -0.138. The summed E-state index contributed by atoms with van der Waals surface area (Å²) >= 11 is 0. The van der Waals surface area contributed by atoms with E-state index in [0.717, 1.165) is 18.9 Å². The number of rotatable bonds is 12. The molecule has 1 aliphatic carbocycles. The SMILES string of the molecule is Cc1ccc(NC(=O)[C@H]2CCCN(C(=O)c3c(C)cccc3F)[C@H]2c2ccc(N(C3CCCC3)P(=O)(O)N[C@@H](Cc3cnc[nH]3)C(O)O)cc2)cc1C(F)(F)F. The van der Waals surface area contributed by atoms with Gasteiger partial charge < -0.3 is 30.3 Å². The number of likely N-dealkylation sites (tertiary alicyclic amines) is 1. The van der Waals surface area contributed by atoms with Gasteiger partial charge in [0.25, 0.3) is 5.91 Å². The number of hydrogen-bond donors (Lipinski definition) is 6. The first-order valence-electron chi connectivity index (χ1n) is 18.4. The number of alkyl halides is 3. The van der Waals surface area contributed by atoms with Gasteiger partial charge in [0.2, 0.25) is 5.91 Å². The molecule has 3 aromatic carbocycles. The second-order valence-electron chi connectivity index (χ2n) is 14.5. The fraction of sp³-hybridized carbons (Fsp3) is 0.410. The van der Waals surface area contributed by atoms with Crippen molar-refractivity contribution in [3.63, 3.8) is 0 Å². The molecule has 1 saturated heterocycles. The largest absolute Gasteiger partial charge is 0.416 e. The number of aromatic amines is 1. The van der Waals surface area contributed by atoms with Gasteiger partial charge in [-0.2, -0.15) is 13.2 Å². The van der Waals surface area contributed by atoms with Crippen LogP contribution in [0.5, 0.6) is 0 Å². The third-order valence-electron chi connectivity index (χ3n) is 10.6. The Balaban J connectivity index is 1.36. The van der Waals surface area contributed by atoms with Crippen molar-refractivity contribution in [3.05, 3.63) is 113 Å². The average Bonchev–Trinajstić information content (AvgIpc) is 3.87. The maximum atomic E-state index is 15.2. The third-order valence-corrected chi connectivity index (χ3v) is 12.4. The van der Waals surface area contributed by atoms with Crippen molar-refractivity contribution in [3.8, 4) is 0 Å². The number of carbonyl (C=O) groups is 2. The van der Waals surface area contributed by atoms with E-state index in [-0.39, 0.29) is 42.2 Å². The van der Waals surface area contributed by atoms with Crippen LogP contribution in [0.4, 0.5) is 28.9 Å². The molecule has 6 rings (SSSR count). The second-order valence-corrected chi connectivity index (χ2v) is 16.3. The zero-order valence-electron chi connectivity index (χ0n) is 30.8. The zero-order valence-corrected chi connectivity index (χ0v) is 31.7. The molecule has 6 N–H and O–H groups in total. The zero-order chi connectivity index (χ0) is 40.4. The molecule has 2 heterocycles. The molecule has 4 aromatic rings. The number of nitrogens with one attached hydrogen (secondary N) is 3. The molecule has 300 valence electrons. The van der Waals surface area contributed by atoms with Gasteiger partial charge in [-0.25, -0.2) is 19.0 Å². The van der Waals surface area contributed by atoms with Crippen LogP contribution in [-0.2, 0) is 22.0 Å². The van der Waals surface area contributed by atoms with E-state index in [1.807, 2.05) is 0 Å². The maximum Gasteiger partial charge on any atom is 0.416 e. The molecule has 0 spiro atoms. The van der Waals surface area contributed by atoms with Gasteiger partial charge >= 0.3 is 13.8 Å². The monoisotopic (exact) mass is 800 g/mol. The van der Waals surface area contributed by atoms with Gasteiger partial charge in [0.15, 0.2) is 6.29 Å². The summed E-state index contributed by atoms with van der Waals surface area (Å²) in [6, 6.07) is 11.5. The highest BCUT2D eigenvalue weighted by atomic mass is 31.2. The van der Waals surface area contributed by atoms with Crippen LogP contribution in [0.3, 0.4) is 0 Å². The fourth-order valence-corrected chi connectivity index (χ4v) is 9.79. The maximum absolute atomic E-state index is 15.2. The molecule has 1 unspecified atom stereocenters. The Morgan fingerprint density at radius 3 is 2.36 bits per heavy atom. The van der Waals surface area contributed by atoms with Crippen molar-refractivity contribution in [1.82, 2.24) is 20.0 Å². The van der Waals surface area contributed by atoms with Crippen molar-refractivity contribution in [1.29, 1.82) is 0 Å². The van der Waals surface area contributed by atoms with Gasteiger partial charge in [-0.3, -0.25) is 14.3 Å². The molecule has 2 amide bonds. The van der Waals surface area contributed by atoms with Gasteiger partial charge in [-0.1, -0.05) is 43.2 Å². The molecule has 56 heavy (non-hydrogen) atoms. The van der Waals surface area contributed by atoms with Gasteiger partial charge in [0.1, 0.15) is 5.82 Å². The summed E-state index contributed by atoms with van der Waals surface area (Å²) in [6.45, 7) is 3.06. The van der Waals surface area contributed by atoms with Gasteiger partial charge in [0, 0.05) is 42.3 Å². The summed E-state index contributed by atoms with van der Waals surface area (Å²) < 4.78 is 72.1. The highest BCUT2D eigenvalue weighted by molar-refractivity contribution is 7.57. The normalized spacial score (nSPS) is 19.5. The highest BCUT2D eigenvalue weighted by Crippen LogP contribution is 2.50. The van der Waals surface area contributed by atoms with E-state index in [1.54, 1.807) is 37.3 Å². The molecule has 1 aromatic heterocycles. The van der Waals surface area contributed by atoms with E-state index in [4.69, 9.17) is 0 Å². The number of nitrogens with zero attached hydrogens (tertiary/aromatic N) is 3. The van der Waals surface area contributed by atoms with Gasteiger partial charge in [-0.15, -0.1) is 0 Å². The number of H-pyrrole nitrogens is 1. The lowest BCUT2D eigenvalue weighted by Crippen LogP contribution is -2.47. The number of aliphatic hydroxyl groups excluding tert-OH is 1. The Bertz CT molecular complexity index is 2040. The van der Waals surface area contributed by atoms with E-state index in [9.17, 15) is 42.4 Å². The number of aliphatic hydroxyl groups is 2. The molecule has 2 aliphatic rings. The number of hydrogen-bond acceptors (Lipinski definition) is 6. The Morgan fingerprint density at radius 1 is 1.02 bits per heavy atom. The van der Waals surface area contributed by atoms with Crippen molar-refractivity contribution >= 4 is 30.9 Å². The number of imidazole rings is 1. The highest BCUT2D eigenvalue weighted by Gasteiger charge is 2.43. The van der Waals surface area contributed by atoms with Crippen LogP contribution in [0.2, 0.25) is 0 Å². The number of amides is 2. The summed E-state index contributed by atoms with van der Waals surface area (Å²) in [5.41, 5.74) is 0.474. The first-order chi connectivity index (χ1) is 26.5. The lowest BCUT2D eigenvalue weighted by Gasteiger charge is -2.41. The quantitative estimate of drug-likeness (QED) is 0.0514. The van der Waals surface area contributed by atoms with Crippen LogP contribution < -0.4 is 15.1 Å². The number of aryl methyl sites for hydroxylation is 2. The standard InChI is InChI=1S/C39H45F4N6O6P/c1-23-12-15-26(19-31(23)39(41,42)43)46-36(50)30-10-6-18-48(37(51)34-24(2)7-5-11-32(34)40)35(30)25-13-16-29(17-14-25)49(28-8-3-4-9-28)56(54,55)47-33(38(52)53)20-27-21-44-22-45-27/h5,7,11-17,19,21-22,28,30,33,35,38,52-53H,3-4,6,8-10,18,20H2,1-2H3,(H,44,45)(H,46,50)(H2,47,54,55)/t30-,33-,35-/m0/s1. The van der Waals surface area contributed by atoms with Crippen molar-refractivity contribution in [2.45, 2.75) is 89.4 Å². The summed E-state index contributed by atoms with van der Waals surface area (Å²) in [5.74, 6) is -3.02. The molecule has 17 heteroatoms. The van der Waals surface area contributed by atoms with Crippen LogP contribution in [0.1, 0.15) is 82.9 Å². The molecule has 0 bridgehead atoms. The van der Waals surface area contributed by atoms with Crippen LogP contribution in [-0.4, -0.2) is 66.7 Å². The van der Waals surface area contributed by atoms with E-state index >= 15 is 4.39 Å². The first kappa shape index (κ1) is 41.0. The predicted molar refractivity (Wildman–Crippen MR) is 201 cm³/mol. The lowest BCUT2D eigenvalue weighted by atomic mass is 9.83. The molecule has 0 radical (unpaired) electrons. The Morgan fingerprint density at radius 2 is 1.73 bits per heavy atom. The van der Waals surface area contributed by atoms with Crippen LogP contribution in [0, 0.1) is 25.6 Å². The van der Waals surface area contributed by atoms with E-state index in [0.29, 0.717) is 41.8 Å². The smallest absolute Gasteiger partial charge is 0.367 e. The minimum atomic E-state index is -4.65. The predicted octanol–water partition coefficient (Wildman–Crippen LogP) is 6.78. The topological polar surface area (TPSA) is 171 Å². The third kappa shape index (κ3) is 9.00. The molecule has 4 atom stereocenters. The number of piperidine rings is 1. The van der Waals surface area contributed by atoms with Crippen molar-refractivity contribution in [2.75, 3.05) is 16.5 Å². The summed E-state index contributed by atoms with van der Waals surface area (Å²) in [6.07, 6.45) is -0.449. The molecule has 1 aliphatic heterocycles. The minimum Gasteiger partial charge on any atom is -0.367 e. The Kier molecular flexibility index (Phi) is 12.4. The summed E-state index contributed by atoms with van der Waals surface area (Å²) in [7, 11) is -4.54. The van der Waals surface area contributed by atoms with E-state index < -0.39 is 61.3 Å². The number of carbonyl (C=O) groups excluding carboxylic acids is 2. The van der Waals surface area contributed by atoms with Crippen LogP contribution in [0.25, 0.3) is 0 Å². The summed E-state index contributed by atoms with van der Waals surface area (Å²) in [4.78, 5) is 48.0. The number of benzene rings is 3. The second kappa shape index (κ2) is 16.9. The van der Waals surface area contributed by atoms with Crippen LogP contribution >= 0.6 is 7.67 Å². The van der Waals surface area contributed by atoms with Crippen molar-refractivity contribution < 1.29 is 46.8 Å². The molecule has 1 saturated carbocycles. The van der Waals surface area contributed by atoms with Crippen LogP contribution in [0.15, 0.2) is 73.2 Å². The van der Waals surface area contributed by atoms with Gasteiger partial charge in [-0.05, 0) is 86.6 Å². The fourth-order valence-electron chi connectivity index (χ4n) is 7.89. The average molecular weight is 801 g/mol. The molecular formula is C39H45F4N6O6P.